The van der Waals surface area contributed by atoms with Crippen LogP contribution in [-0.2, 0) is 14.4 Å². The maximum Gasteiger partial charge on any atom is 0.173 e. The van der Waals surface area contributed by atoms with Crippen LogP contribution in [0.25, 0.3) is 16.7 Å². The summed E-state index contributed by atoms with van der Waals surface area (Å²) in [6, 6.07) is 0. The van der Waals surface area contributed by atoms with Crippen molar-refractivity contribution in [3.05, 3.63) is 72.2 Å². The molecule has 9 nitrogen and oxygen atoms in total. The molecular formula is C45H63N3O6. The molecule has 54 heavy (non-hydrogen) atoms. The van der Waals surface area contributed by atoms with Crippen LogP contribution >= 0.6 is 0 Å². The average Bonchev–Trinajstić information content (AvgIpc) is 3.13. The third-order valence-corrected chi connectivity index (χ3v) is 11.0. The second-order valence-corrected chi connectivity index (χ2v) is 15.8. The van der Waals surface area contributed by atoms with Crippen molar-refractivity contribution in [1.29, 1.82) is 0 Å². The van der Waals surface area contributed by atoms with Crippen LogP contribution in [0.4, 0.5) is 0 Å². The molecule has 0 spiro atoms. The highest BCUT2D eigenvalue weighted by atomic mass is 16.3. The molecule has 1 aromatic heterocycles. The molecule has 4 rings (SSSR count). The Balaban J connectivity index is 1.82. The number of carbonyl (C=O) groups is 3. The normalized spacial score (nSPS) is 23.4. The first-order valence-electron chi connectivity index (χ1n) is 20.5. The van der Waals surface area contributed by atoms with Crippen LogP contribution in [0, 0.1) is 35.5 Å². The van der Waals surface area contributed by atoms with E-state index in [1.807, 2.05) is 36.5 Å². The first-order valence-corrected chi connectivity index (χ1v) is 20.5. The van der Waals surface area contributed by atoms with E-state index >= 15 is 0 Å². The number of aliphatic hydroxyl groups excluding tert-OH is 3. The lowest BCUT2D eigenvalue weighted by Crippen LogP contribution is -2.30. The monoisotopic (exact) mass is 741 g/mol. The van der Waals surface area contributed by atoms with Crippen molar-refractivity contribution in [2.24, 2.45) is 35.5 Å². The maximum absolute atomic E-state index is 14.4. The Hall–Kier alpha value is -3.66. The van der Waals surface area contributed by atoms with Crippen LogP contribution in [0.1, 0.15) is 136 Å². The summed E-state index contributed by atoms with van der Waals surface area (Å²) in [4.78, 5) is 57.5. The fraction of sp³-hybridized carbons (Fsp3) is 0.600. The molecule has 9 unspecified atom stereocenters. The summed E-state index contributed by atoms with van der Waals surface area (Å²) in [5.74, 6) is -1.92. The van der Waals surface area contributed by atoms with Crippen molar-refractivity contribution in [2.75, 3.05) is 0 Å². The van der Waals surface area contributed by atoms with Gasteiger partial charge in [0.25, 0.3) is 0 Å². The van der Waals surface area contributed by atoms with Gasteiger partial charge in [0.05, 0.1) is 35.0 Å². The van der Waals surface area contributed by atoms with Gasteiger partial charge in [0.1, 0.15) is 0 Å². The smallest absolute Gasteiger partial charge is 0.173 e. The summed E-state index contributed by atoms with van der Waals surface area (Å²) in [7, 11) is 0. The summed E-state index contributed by atoms with van der Waals surface area (Å²) < 4.78 is 0. The van der Waals surface area contributed by atoms with E-state index in [-0.39, 0.29) is 69.3 Å². The van der Waals surface area contributed by atoms with E-state index in [0.29, 0.717) is 19.3 Å². The summed E-state index contributed by atoms with van der Waals surface area (Å²) in [5.41, 5.74) is 0.823. The number of aliphatic hydroxyl groups is 3. The molecule has 1 aromatic rings. The van der Waals surface area contributed by atoms with E-state index in [1.165, 1.54) is 0 Å². The van der Waals surface area contributed by atoms with Gasteiger partial charge in [-0.1, -0.05) is 95.8 Å². The minimum atomic E-state index is -0.571. The Morgan fingerprint density at radius 3 is 0.981 bits per heavy atom. The van der Waals surface area contributed by atoms with Crippen LogP contribution < -0.4 is 0 Å². The minimum Gasteiger partial charge on any atom is -0.393 e. The second kappa shape index (κ2) is 20.9. The van der Waals surface area contributed by atoms with Crippen molar-refractivity contribution < 1.29 is 29.7 Å². The van der Waals surface area contributed by atoms with Crippen LogP contribution in [0.2, 0.25) is 0 Å². The highest BCUT2D eigenvalue weighted by Crippen LogP contribution is 2.37. The van der Waals surface area contributed by atoms with Crippen molar-refractivity contribution in [3.8, 4) is 0 Å². The molecule has 3 N–H and O–H groups in total. The summed E-state index contributed by atoms with van der Waals surface area (Å²) in [6.45, 7) is 11.5. The van der Waals surface area contributed by atoms with Gasteiger partial charge >= 0.3 is 0 Å². The molecule has 0 aromatic carbocycles. The number of ketones is 3. The molecule has 1 heterocycles. The van der Waals surface area contributed by atoms with E-state index in [4.69, 9.17) is 15.0 Å². The van der Waals surface area contributed by atoms with E-state index < -0.39 is 36.1 Å². The van der Waals surface area contributed by atoms with Gasteiger partial charge in [-0.05, 0) is 95.3 Å². The molecule has 3 aliphatic carbocycles. The van der Waals surface area contributed by atoms with Crippen LogP contribution in [0.15, 0.2) is 54.7 Å². The minimum absolute atomic E-state index is 0.0804. The van der Waals surface area contributed by atoms with E-state index in [1.54, 1.807) is 39.0 Å². The van der Waals surface area contributed by atoms with Crippen LogP contribution in [-0.4, -0.2) is 65.9 Å². The standard InChI is InChI=1S/C45H63N3O6/c1-7-10-16-31(25-28(4)49)34-19-13-22-37(40(34)52)43-46-44(38-23-14-20-35(41(38)53)32(17-11-8-2)26-29(5)50)48-45(47-43)39-24-15-21-36(42(39)54)33(18-12-9-3)27-30(6)51/h13-15,19-24,28-36,49-51H,7-12,16-18,25-27H2,1-6H3. The van der Waals surface area contributed by atoms with Crippen molar-refractivity contribution in [1.82, 2.24) is 15.0 Å². The number of carbonyl (C=O) groups excluding carboxylic acids is 3. The Bertz CT molecular complexity index is 1450. The number of unbranched alkanes of at least 4 members (excludes halogenated alkanes) is 3. The van der Waals surface area contributed by atoms with Gasteiger partial charge in [-0.3, -0.25) is 14.4 Å². The molecule has 0 fully saturated rings. The Labute approximate surface area is 322 Å². The highest BCUT2D eigenvalue weighted by molar-refractivity contribution is 6.25. The molecule has 0 bridgehead atoms. The number of Topliss-reactive ketones (excluding diaryl/α,β-unsaturated/α-hetero) is 3. The molecule has 294 valence electrons. The molecule has 0 saturated heterocycles. The third-order valence-electron chi connectivity index (χ3n) is 11.0. The Morgan fingerprint density at radius 2 is 0.759 bits per heavy atom. The van der Waals surface area contributed by atoms with E-state index in [9.17, 15) is 29.7 Å². The van der Waals surface area contributed by atoms with Gasteiger partial charge in [-0.2, -0.15) is 0 Å². The Kier molecular flexibility index (Phi) is 16.6. The quantitative estimate of drug-likeness (QED) is 0.114. The van der Waals surface area contributed by atoms with Gasteiger partial charge in [0.2, 0.25) is 0 Å². The zero-order valence-electron chi connectivity index (χ0n) is 33.3. The topological polar surface area (TPSA) is 151 Å². The predicted molar refractivity (Wildman–Crippen MR) is 215 cm³/mol. The van der Waals surface area contributed by atoms with Crippen LogP contribution in [0.5, 0.6) is 0 Å². The first-order chi connectivity index (χ1) is 25.9. The van der Waals surface area contributed by atoms with Crippen LogP contribution in [0.3, 0.4) is 0 Å². The molecule has 3 aliphatic rings. The van der Waals surface area contributed by atoms with E-state index in [2.05, 4.69) is 20.8 Å². The molecule has 9 heteroatoms. The number of rotatable bonds is 21. The first kappa shape index (κ1) is 43.1. The number of aromatic nitrogens is 3. The van der Waals surface area contributed by atoms with Gasteiger partial charge in [-0.15, -0.1) is 0 Å². The number of allylic oxidation sites excluding steroid dienone is 12. The molecule has 0 saturated carbocycles. The lowest BCUT2D eigenvalue weighted by atomic mass is 9.76. The fourth-order valence-electron chi connectivity index (χ4n) is 8.31. The van der Waals surface area contributed by atoms with E-state index in [0.717, 1.165) is 57.8 Å². The molecule has 0 amide bonds. The van der Waals surface area contributed by atoms with Gasteiger partial charge in [-0.25, -0.2) is 15.0 Å². The third kappa shape index (κ3) is 11.2. The highest BCUT2D eigenvalue weighted by Gasteiger charge is 2.37. The van der Waals surface area contributed by atoms with Crippen molar-refractivity contribution >= 4 is 34.1 Å². The predicted octanol–water partition coefficient (Wildman–Crippen LogP) is 8.02. The average molecular weight is 742 g/mol. The molecular weight excluding hydrogens is 679 g/mol. The summed E-state index contributed by atoms with van der Waals surface area (Å²) >= 11 is 0. The zero-order valence-corrected chi connectivity index (χ0v) is 33.3. The summed E-state index contributed by atoms with van der Waals surface area (Å²) in [5, 5.41) is 31.0. The van der Waals surface area contributed by atoms with Gasteiger partial charge < -0.3 is 15.3 Å². The zero-order chi connectivity index (χ0) is 39.4. The molecule has 0 radical (unpaired) electrons. The van der Waals surface area contributed by atoms with Crippen molar-refractivity contribution in [3.63, 3.8) is 0 Å². The number of hydrogen-bond donors (Lipinski definition) is 3. The Morgan fingerprint density at radius 1 is 0.500 bits per heavy atom. The molecule has 9 atom stereocenters. The fourth-order valence-corrected chi connectivity index (χ4v) is 8.31. The second-order valence-electron chi connectivity index (χ2n) is 15.8. The summed E-state index contributed by atoms with van der Waals surface area (Å²) in [6.07, 6.45) is 24.0. The largest absolute Gasteiger partial charge is 0.393 e. The number of hydrogen-bond acceptors (Lipinski definition) is 9. The molecule has 0 aliphatic heterocycles. The SMILES string of the molecule is CCCCC(CC(C)O)C1C=CC=C(c2nc(C3=CC=CC(C(CCCC)CC(C)O)C3=O)nc(C3=CC=CC(C(CCCC)CC(C)O)C3=O)n2)C1=O. The van der Waals surface area contributed by atoms with Crippen molar-refractivity contribution in [2.45, 2.75) is 137 Å². The maximum atomic E-state index is 14.4. The number of nitrogens with zero attached hydrogens (tertiary/aromatic N) is 3. The lowest BCUT2D eigenvalue weighted by Gasteiger charge is -2.28. The van der Waals surface area contributed by atoms with Gasteiger partial charge in [0, 0.05) is 17.8 Å². The van der Waals surface area contributed by atoms with Gasteiger partial charge in [0.15, 0.2) is 34.8 Å². The lowest BCUT2D eigenvalue weighted by molar-refractivity contribution is -0.118.